The lowest BCUT2D eigenvalue weighted by atomic mass is 9.90. The summed E-state index contributed by atoms with van der Waals surface area (Å²) >= 11 is 0. The minimum Gasteiger partial charge on any atom is -0.481 e. The smallest absolute Gasteiger partial charge is 0.328 e. The van der Waals surface area contributed by atoms with Crippen molar-refractivity contribution in [3.63, 3.8) is 0 Å². The van der Waals surface area contributed by atoms with E-state index in [0.29, 0.717) is 13.0 Å². The van der Waals surface area contributed by atoms with E-state index < -0.39 is 11.4 Å². The second kappa shape index (κ2) is 4.77. The van der Waals surface area contributed by atoms with Crippen LogP contribution in [0.15, 0.2) is 17.2 Å². The summed E-state index contributed by atoms with van der Waals surface area (Å²) in [6.07, 6.45) is 3.88. The minimum absolute atomic E-state index is 0.0822. The predicted octanol–water partition coefficient (Wildman–Crippen LogP) is 1.73. The lowest BCUT2D eigenvalue weighted by Crippen LogP contribution is -2.29. The second-order valence-corrected chi connectivity index (χ2v) is 5.21. The molecule has 1 aromatic heterocycles. The molecule has 0 aliphatic carbocycles. The van der Waals surface area contributed by atoms with Crippen LogP contribution in [0.4, 0.5) is 0 Å². The highest BCUT2D eigenvalue weighted by molar-refractivity contribution is 5.73. The Morgan fingerprint density at radius 3 is 2.41 bits per heavy atom. The molecule has 5 nitrogen and oxygen atoms in total. The summed E-state index contributed by atoms with van der Waals surface area (Å²) in [6, 6.07) is 0.122. The fourth-order valence-corrected chi connectivity index (χ4v) is 1.50. The Morgan fingerprint density at radius 1 is 1.41 bits per heavy atom. The molecule has 0 radical (unpaired) electrons. The van der Waals surface area contributed by atoms with Crippen LogP contribution in [0.5, 0.6) is 0 Å². The Balaban J connectivity index is 2.78. The van der Waals surface area contributed by atoms with Crippen molar-refractivity contribution in [3.05, 3.63) is 22.9 Å². The normalized spacial score (nSPS) is 12.1. The number of hydrogen-bond acceptors (Lipinski definition) is 2. The number of imidazole rings is 1. The topological polar surface area (TPSA) is 64.2 Å². The Kier molecular flexibility index (Phi) is 3.80. The van der Waals surface area contributed by atoms with Gasteiger partial charge in [-0.2, -0.15) is 0 Å². The largest absolute Gasteiger partial charge is 0.481 e. The zero-order valence-corrected chi connectivity index (χ0v) is 10.8. The maximum atomic E-state index is 11.9. The SMILES string of the molecule is CC(C)n1ccn(CCC(C)(C)C(=O)O)c1=O. The van der Waals surface area contributed by atoms with Crippen molar-refractivity contribution in [2.24, 2.45) is 5.41 Å². The third-order valence-corrected chi connectivity index (χ3v) is 2.99. The molecular weight excluding hydrogens is 220 g/mol. The zero-order valence-electron chi connectivity index (χ0n) is 10.8. The minimum atomic E-state index is -0.839. The maximum Gasteiger partial charge on any atom is 0.328 e. The first kappa shape index (κ1) is 13.5. The van der Waals surface area contributed by atoms with Gasteiger partial charge in [-0.15, -0.1) is 0 Å². The number of nitrogens with zero attached hydrogens (tertiary/aromatic N) is 2. The standard InChI is InChI=1S/C12H20N2O3/c1-9(2)14-8-7-13(11(14)17)6-5-12(3,4)10(15)16/h7-9H,5-6H2,1-4H3,(H,15,16). The molecule has 0 aliphatic rings. The number of carbonyl (C=O) groups is 1. The Bertz CT molecular complexity index is 455. The second-order valence-electron chi connectivity index (χ2n) is 5.21. The van der Waals surface area contributed by atoms with E-state index in [9.17, 15) is 9.59 Å². The van der Waals surface area contributed by atoms with Gasteiger partial charge in [0.15, 0.2) is 0 Å². The molecule has 1 aromatic rings. The van der Waals surface area contributed by atoms with Gasteiger partial charge in [-0.05, 0) is 34.1 Å². The van der Waals surface area contributed by atoms with E-state index in [1.807, 2.05) is 13.8 Å². The fraction of sp³-hybridized carbons (Fsp3) is 0.667. The fourth-order valence-electron chi connectivity index (χ4n) is 1.50. The number of carboxylic acid groups (broad SMARTS) is 1. The zero-order chi connectivity index (χ0) is 13.2. The monoisotopic (exact) mass is 240 g/mol. The average Bonchev–Trinajstić information content (AvgIpc) is 2.56. The summed E-state index contributed by atoms with van der Waals surface area (Å²) in [5.74, 6) is -0.839. The lowest BCUT2D eigenvalue weighted by molar-refractivity contribution is -0.147. The van der Waals surface area contributed by atoms with E-state index in [-0.39, 0.29) is 11.7 Å². The van der Waals surface area contributed by atoms with Gasteiger partial charge in [0.1, 0.15) is 0 Å². The van der Waals surface area contributed by atoms with Crippen LogP contribution >= 0.6 is 0 Å². The van der Waals surface area contributed by atoms with Crippen LogP contribution in [-0.2, 0) is 11.3 Å². The van der Waals surface area contributed by atoms with Crippen LogP contribution in [0.3, 0.4) is 0 Å². The van der Waals surface area contributed by atoms with Crippen molar-refractivity contribution in [3.8, 4) is 0 Å². The molecule has 1 rings (SSSR count). The van der Waals surface area contributed by atoms with Gasteiger partial charge >= 0.3 is 11.7 Å². The summed E-state index contributed by atoms with van der Waals surface area (Å²) in [7, 11) is 0. The Hall–Kier alpha value is -1.52. The molecule has 0 fully saturated rings. The van der Waals surface area contributed by atoms with Crippen molar-refractivity contribution < 1.29 is 9.90 Å². The van der Waals surface area contributed by atoms with Crippen molar-refractivity contribution in [1.29, 1.82) is 0 Å². The van der Waals surface area contributed by atoms with Crippen molar-refractivity contribution in [2.45, 2.75) is 46.7 Å². The molecule has 1 N–H and O–H groups in total. The van der Waals surface area contributed by atoms with Crippen molar-refractivity contribution in [1.82, 2.24) is 9.13 Å². The van der Waals surface area contributed by atoms with E-state index in [4.69, 9.17) is 5.11 Å². The molecule has 17 heavy (non-hydrogen) atoms. The molecule has 0 atom stereocenters. The van der Waals surface area contributed by atoms with Gasteiger partial charge in [-0.1, -0.05) is 0 Å². The highest BCUT2D eigenvalue weighted by Gasteiger charge is 2.26. The maximum absolute atomic E-state index is 11.9. The van der Waals surface area contributed by atoms with Crippen molar-refractivity contribution in [2.75, 3.05) is 0 Å². The average molecular weight is 240 g/mol. The van der Waals surface area contributed by atoms with Gasteiger partial charge in [0.25, 0.3) is 0 Å². The third kappa shape index (κ3) is 2.99. The molecule has 0 spiro atoms. The molecule has 5 heteroatoms. The van der Waals surface area contributed by atoms with E-state index in [2.05, 4.69) is 0 Å². The van der Waals surface area contributed by atoms with Crippen LogP contribution in [0.25, 0.3) is 0 Å². The molecule has 1 heterocycles. The number of carboxylic acids is 1. The van der Waals surface area contributed by atoms with Gasteiger partial charge in [0.2, 0.25) is 0 Å². The van der Waals surface area contributed by atoms with Gasteiger partial charge in [0.05, 0.1) is 5.41 Å². The molecule has 0 amide bonds. The van der Waals surface area contributed by atoms with Gasteiger partial charge in [-0.3, -0.25) is 13.9 Å². The Labute approximate surface area is 101 Å². The number of hydrogen-bond donors (Lipinski definition) is 1. The molecular formula is C12H20N2O3. The highest BCUT2D eigenvalue weighted by atomic mass is 16.4. The van der Waals surface area contributed by atoms with Gasteiger partial charge in [-0.25, -0.2) is 4.79 Å². The molecule has 0 bridgehead atoms. The number of aryl methyl sites for hydroxylation is 1. The lowest BCUT2D eigenvalue weighted by Gasteiger charge is -2.18. The van der Waals surface area contributed by atoms with Crippen LogP contribution in [0.1, 0.15) is 40.2 Å². The first-order chi connectivity index (χ1) is 7.75. The summed E-state index contributed by atoms with van der Waals surface area (Å²) in [4.78, 5) is 22.8. The Morgan fingerprint density at radius 2 is 2.00 bits per heavy atom. The van der Waals surface area contributed by atoms with Gasteiger partial charge in [0, 0.05) is 25.0 Å². The first-order valence-electron chi connectivity index (χ1n) is 5.76. The molecule has 0 unspecified atom stereocenters. The number of aliphatic carboxylic acids is 1. The van der Waals surface area contributed by atoms with Crippen LogP contribution in [0.2, 0.25) is 0 Å². The van der Waals surface area contributed by atoms with Crippen molar-refractivity contribution >= 4 is 5.97 Å². The first-order valence-corrected chi connectivity index (χ1v) is 5.76. The van der Waals surface area contributed by atoms with Crippen LogP contribution in [0, 0.1) is 5.41 Å². The number of aromatic nitrogens is 2. The van der Waals surface area contributed by atoms with E-state index in [0.717, 1.165) is 0 Å². The summed E-state index contributed by atoms with van der Waals surface area (Å²) in [6.45, 7) is 7.64. The molecule has 0 aliphatic heterocycles. The third-order valence-electron chi connectivity index (χ3n) is 2.99. The van der Waals surface area contributed by atoms with Gasteiger partial charge < -0.3 is 5.11 Å². The highest BCUT2D eigenvalue weighted by Crippen LogP contribution is 2.20. The molecule has 0 saturated carbocycles. The predicted molar refractivity (Wildman–Crippen MR) is 65.1 cm³/mol. The summed E-state index contributed by atoms with van der Waals surface area (Å²) in [5, 5.41) is 8.99. The van der Waals surface area contributed by atoms with Crippen LogP contribution < -0.4 is 5.69 Å². The molecule has 0 aromatic carbocycles. The quantitative estimate of drug-likeness (QED) is 0.852. The summed E-state index contributed by atoms with van der Waals surface area (Å²) in [5.41, 5.74) is -0.888. The molecule has 96 valence electrons. The number of rotatable bonds is 5. The molecule has 0 saturated heterocycles. The van der Waals surface area contributed by atoms with E-state index >= 15 is 0 Å². The summed E-state index contributed by atoms with van der Waals surface area (Å²) < 4.78 is 3.19. The van der Waals surface area contributed by atoms with Crippen LogP contribution in [-0.4, -0.2) is 20.2 Å². The van der Waals surface area contributed by atoms with E-state index in [1.54, 1.807) is 35.4 Å². The van der Waals surface area contributed by atoms with E-state index in [1.165, 1.54) is 0 Å².